The SMILES string of the molecule is CCC1OCCC1C(Br)c1ccc(F)c2ccccc12. The average Bonchev–Trinajstić information content (AvgIpc) is 2.96. The average molecular weight is 337 g/mol. The molecule has 0 radical (unpaired) electrons. The molecule has 0 aliphatic carbocycles. The number of rotatable bonds is 3. The van der Waals surface area contributed by atoms with E-state index in [0.717, 1.165) is 30.4 Å². The minimum Gasteiger partial charge on any atom is -0.378 e. The lowest BCUT2D eigenvalue weighted by atomic mass is 9.89. The second-order valence-corrected chi connectivity index (χ2v) is 6.34. The Morgan fingerprint density at radius 2 is 2.00 bits per heavy atom. The molecule has 1 heterocycles. The summed E-state index contributed by atoms with van der Waals surface area (Å²) >= 11 is 3.84. The van der Waals surface area contributed by atoms with Crippen LogP contribution >= 0.6 is 15.9 Å². The number of halogens is 2. The molecule has 0 amide bonds. The fourth-order valence-electron chi connectivity index (χ4n) is 3.18. The Bertz CT molecular complexity index is 613. The van der Waals surface area contributed by atoms with Gasteiger partial charge in [-0.2, -0.15) is 0 Å². The topological polar surface area (TPSA) is 9.23 Å². The van der Waals surface area contributed by atoms with E-state index in [2.05, 4.69) is 22.9 Å². The molecule has 1 aliphatic rings. The summed E-state index contributed by atoms with van der Waals surface area (Å²) in [4.78, 5) is 0.209. The Kier molecular flexibility index (Phi) is 4.08. The van der Waals surface area contributed by atoms with E-state index in [4.69, 9.17) is 4.74 Å². The fourth-order valence-corrected chi connectivity index (χ4v) is 4.18. The zero-order valence-corrected chi connectivity index (χ0v) is 13.1. The molecule has 20 heavy (non-hydrogen) atoms. The van der Waals surface area contributed by atoms with Gasteiger partial charge in [-0.05, 0) is 29.9 Å². The van der Waals surface area contributed by atoms with Crippen LogP contribution in [0.1, 0.15) is 30.2 Å². The molecule has 2 aromatic rings. The molecule has 3 rings (SSSR count). The van der Waals surface area contributed by atoms with Gasteiger partial charge in [-0.25, -0.2) is 4.39 Å². The minimum absolute atomic E-state index is 0.154. The second-order valence-electron chi connectivity index (χ2n) is 5.35. The molecule has 1 fully saturated rings. The summed E-state index contributed by atoms with van der Waals surface area (Å²) in [7, 11) is 0. The summed E-state index contributed by atoms with van der Waals surface area (Å²) in [5, 5.41) is 1.69. The van der Waals surface area contributed by atoms with Crippen LogP contribution in [0.4, 0.5) is 4.39 Å². The van der Waals surface area contributed by atoms with Crippen molar-refractivity contribution in [1.82, 2.24) is 0 Å². The standard InChI is InChI=1S/C17H18BrFO/c1-2-16-14(9-10-20-16)17(18)13-7-8-15(19)12-6-4-3-5-11(12)13/h3-8,14,16-17H,2,9-10H2,1H3. The summed E-state index contributed by atoms with van der Waals surface area (Å²) < 4.78 is 19.7. The number of ether oxygens (including phenoxy) is 1. The van der Waals surface area contributed by atoms with E-state index in [1.807, 2.05) is 30.3 Å². The van der Waals surface area contributed by atoms with Crippen LogP contribution in [-0.2, 0) is 4.74 Å². The zero-order chi connectivity index (χ0) is 14.1. The summed E-state index contributed by atoms with van der Waals surface area (Å²) in [6.45, 7) is 2.98. The first-order chi connectivity index (χ1) is 9.72. The maximum atomic E-state index is 13.9. The highest BCUT2D eigenvalue weighted by Gasteiger charge is 2.33. The lowest BCUT2D eigenvalue weighted by Gasteiger charge is -2.24. The van der Waals surface area contributed by atoms with Crippen LogP contribution in [0.15, 0.2) is 36.4 Å². The van der Waals surface area contributed by atoms with Crippen LogP contribution in [0, 0.1) is 11.7 Å². The van der Waals surface area contributed by atoms with E-state index >= 15 is 0 Å². The maximum Gasteiger partial charge on any atom is 0.131 e. The van der Waals surface area contributed by atoms with Crippen LogP contribution in [-0.4, -0.2) is 12.7 Å². The molecule has 0 aromatic heterocycles. The second kappa shape index (κ2) is 5.82. The molecular formula is C17H18BrFO. The Morgan fingerprint density at radius 1 is 1.25 bits per heavy atom. The molecule has 1 aliphatic heterocycles. The van der Waals surface area contributed by atoms with Gasteiger partial charge in [0, 0.05) is 22.7 Å². The van der Waals surface area contributed by atoms with Crippen molar-refractivity contribution in [3.8, 4) is 0 Å². The van der Waals surface area contributed by atoms with Crippen molar-refractivity contribution in [3.05, 3.63) is 47.8 Å². The minimum atomic E-state index is -0.154. The van der Waals surface area contributed by atoms with E-state index in [1.165, 1.54) is 0 Å². The van der Waals surface area contributed by atoms with E-state index in [1.54, 1.807) is 6.07 Å². The number of hydrogen-bond donors (Lipinski definition) is 0. The molecule has 3 unspecified atom stereocenters. The molecule has 106 valence electrons. The molecule has 0 saturated carbocycles. The number of fused-ring (bicyclic) bond motifs is 1. The molecule has 0 spiro atoms. The maximum absolute atomic E-state index is 13.9. The Labute approximate surface area is 127 Å². The number of alkyl halides is 1. The van der Waals surface area contributed by atoms with Crippen LogP contribution in [0.5, 0.6) is 0 Å². The van der Waals surface area contributed by atoms with Gasteiger partial charge < -0.3 is 4.74 Å². The van der Waals surface area contributed by atoms with E-state index in [-0.39, 0.29) is 10.6 Å². The lowest BCUT2D eigenvalue weighted by molar-refractivity contribution is 0.0873. The van der Waals surface area contributed by atoms with Crippen LogP contribution in [0.3, 0.4) is 0 Å². The third-order valence-electron chi connectivity index (χ3n) is 4.24. The van der Waals surface area contributed by atoms with Crippen molar-refractivity contribution in [3.63, 3.8) is 0 Å². The van der Waals surface area contributed by atoms with Crippen molar-refractivity contribution in [2.75, 3.05) is 6.61 Å². The molecule has 0 bridgehead atoms. The number of benzene rings is 2. The first-order valence-electron chi connectivity index (χ1n) is 7.15. The van der Waals surface area contributed by atoms with Gasteiger partial charge in [0.1, 0.15) is 5.82 Å². The highest BCUT2D eigenvalue weighted by atomic mass is 79.9. The monoisotopic (exact) mass is 336 g/mol. The van der Waals surface area contributed by atoms with Gasteiger partial charge in [-0.1, -0.05) is 53.2 Å². The third-order valence-corrected chi connectivity index (χ3v) is 5.41. The third kappa shape index (κ3) is 2.38. The predicted molar refractivity (Wildman–Crippen MR) is 83.7 cm³/mol. The first kappa shape index (κ1) is 14.0. The van der Waals surface area contributed by atoms with Gasteiger partial charge >= 0.3 is 0 Å². The Hall–Kier alpha value is -0.930. The molecular weight excluding hydrogens is 319 g/mol. The fraction of sp³-hybridized carbons (Fsp3) is 0.412. The summed E-state index contributed by atoms with van der Waals surface area (Å²) in [6, 6.07) is 11.2. The summed E-state index contributed by atoms with van der Waals surface area (Å²) in [6.07, 6.45) is 2.37. The number of hydrogen-bond acceptors (Lipinski definition) is 1. The summed E-state index contributed by atoms with van der Waals surface area (Å²) in [5.74, 6) is 0.299. The van der Waals surface area contributed by atoms with Crippen molar-refractivity contribution >= 4 is 26.7 Å². The molecule has 2 aromatic carbocycles. The van der Waals surface area contributed by atoms with E-state index in [0.29, 0.717) is 17.4 Å². The van der Waals surface area contributed by atoms with Crippen LogP contribution in [0.2, 0.25) is 0 Å². The first-order valence-corrected chi connectivity index (χ1v) is 8.06. The van der Waals surface area contributed by atoms with E-state index < -0.39 is 0 Å². The predicted octanol–water partition coefficient (Wildman–Crippen LogP) is 5.23. The highest BCUT2D eigenvalue weighted by Crippen LogP contribution is 2.43. The van der Waals surface area contributed by atoms with Gasteiger partial charge in [0.2, 0.25) is 0 Å². The van der Waals surface area contributed by atoms with E-state index in [9.17, 15) is 4.39 Å². The molecule has 1 saturated heterocycles. The molecule has 0 N–H and O–H groups in total. The summed E-state index contributed by atoms with van der Waals surface area (Å²) in [5.41, 5.74) is 1.16. The van der Waals surface area contributed by atoms with Crippen molar-refractivity contribution in [1.29, 1.82) is 0 Å². The van der Waals surface area contributed by atoms with Crippen LogP contribution in [0.25, 0.3) is 10.8 Å². The van der Waals surface area contributed by atoms with Gasteiger partial charge in [0.25, 0.3) is 0 Å². The molecule has 3 atom stereocenters. The van der Waals surface area contributed by atoms with Crippen molar-refractivity contribution in [2.45, 2.75) is 30.7 Å². The van der Waals surface area contributed by atoms with Gasteiger partial charge in [0.15, 0.2) is 0 Å². The normalized spacial score (nSPS) is 24.1. The van der Waals surface area contributed by atoms with Gasteiger partial charge in [-0.15, -0.1) is 0 Å². The van der Waals surface area contributed by atoms with Crippen LogP contribution < -0.4 is 0 Å². The molecule has 3 heteroatoms. The zero-order valence-electron chi connectivity index (χ0n) is 11.5. The molecule has 1 nitrogen and oxygen atoms in total. The Morgan fingerprint density at radius 3 is 2.75 bits per heavy atom. The van der Waals surface area contributed by atoms with Gasteiger partial charge in [0.05, 0.1) is 6.10 Å². The smallest absolute Gasteiger partial charge is 0.131 e. The van der Waals surface area contributed by atoms with Crippen molar-refractivity contribution in [2.24, 2.45) is 5.92 Å². The Balaban J connectivity index is 2.04. The highest BCUT2D eigenvalue weighted by molar-refractivity contribution is 9.09. The van der Waals surface area contributed by atoms with Gasteiger partial charge in [-0.3, -0.25) is 0 Å². The lowest BCUT2D eigenvalue weighted by Crippen LogP contribution is -2.19. The van der Waals surface area contributed by atoms with Crippen molar-refractivity contribution < 1.29 is 9.13 Å². The largest absolute Gasteiger partial charge is 0.378 e. The quantitative estimate of drug-likeness (QED) is 0.697.